The Morgan fingerprint density at radius 3 is 2.52 bits per heavy atom. The Hall–Kier alpha value is -2.52. The number of hydrogen-bond acceptors (Lipinski definition) is 4. The average molecular weight is 370 g/mol. The number of halogens is 2. The van der Waals surface area contributed by atoms with Crippen LogP contribution < -0.4 is 15.0 Å². The molecule has 2 aromatic carbocycles. The van der Waals surface area contributed by atoms with Crippen molar-refractivity contribution in [2.75, 3.05) is 6.61 Å². The van der Waals surface area contributed by atoms with Gasteiger partial charge in [0.25, 0.3) is 15.9 Å². The molecule has 0 atom stereocenters. The number of amides is 1. The molecule has 0 saturated heterocycles. The lowest BCUT2D eigenvalue weighted by molar-refractivity contribution is 0.0944. The van der Waals surface area contributed by atoms with E-state index in [4.69, 9.17) is 4.74 Å². The minimum atomic E-state index is -4.40. The van der Waals surface area contributed by atoms with Gasteiger partial charge in [-0.25, -0.2) is 17.2 Å². The SMILES string of the molecule is CCOc1cc(C)cc(C(=O)NNS(=O)(=O)c2ccc(F)cc2F)c1. The number of hydrazine groups is 1. The number of nitrogens with one attached hydrogen (secondary N) is 2. The van der Waals surface area contributed by atoms with Crippen molar-refractivity contribution in [3.05, 3.63) is 59.2 Å². The molecule has 0 aromatic heterocycles. The molecule has 9 heteroatoms. The van der Waals surface area contributed by atoms with Gasteiger partial charge in [-0.15, -0.1) is 4.83 Å². The van der Waals surface area contributed by atoms with Crippen LogP contribution in [-0.2, 0) is 10.0 Å². The zero-order valence-corrected chi connectivity index (χ0v) is 14.3. The zero-order valence-electron chi connectivity index (χ0n) is 13.5. The second-order valence-corrected chi connectivity index (χ2v) is 6.75. The fourth-order valence-electron chi connectivity index (χ4n) is 2.06. The lowest BCUT2D eigenvalue weighted by Gasteiger charge is -2.11. The Labute approximate surface area is 143 Å². The predicted octanol–water partition coefficient (Wildman–Crippen LogP) is 2.30. The molecule has 1 amide bonds. The fraction of sp³-hybridized carbons (Fsp3) is 0.188. The van der Waals surface area contributed by atoms with E-state index in [1.54, 1.807) is 24.7 Å². The predicted molar refractivity (Wildman–Crippen MR) is 86.5 cm³/mol. The minimum Gasteiger partial charge on any atom is -0.494 e. The van der Waals surface area contributed by atoms with Gasteiger partial charge in [-0.05, 0) is 49.7 Å². The molecule has 0 aliphatic heterocycles. The van der Waals surface area contributed by atoms with Gasteiger partial charge >= 0.3 is 0 Å². The number of hydrogen-bond donors (Lipinski definition) is 2. The first-order chi connectivity index (χ1) is 11.7. The van der Waals surface area contributed by atoms with Crippen LogP contribution in [0.15, 0.2) is 41.3 Å². The molecule has 0 bridgehead atoms. The van der Waals surface area contributed by atoms with E-state index in [0.717, 1.165) is 17.7 Å². The summed E-state index contributed by atoms with van der Waals surface area (Å²) in [6, 6.07) is 6.69. The monoisotopic (exact) mass is 370 g/mol. The third-order valence-corrected chi connectivity index (χ3v) is 4.39. The summed E-state index contributed by atoms with van der Waals surface area (Å²) in [5, 5.41) is 0. The van der Waals surface area contributed by atoms with Crippen LogP contribution in [0.3, 0.4) is 0 Å². The Morgan fingerprint density at radius 2 is 1.88 bits per heavy atom. The number of rotatable bonds is 6. The molecule has 0 aliphatic carbocycles. The van der Waals surface area contributed by atoms with E-state index < -0.39 is 32.5 Å². The number of aryl methyl sites for hydroxylation is 1. The van der Waals surface area contributed by atoms with Gasteiger partial charge in [0.05, 0.1) is 6.61 Å². The van der Waals surface area contributed by atoms with Crippen molar-refractivity contribution in [2.24, 2.45) is 0 Å². The molecule has 2 rings (SSSR count). The summed E-state index contributed by atoms with van der Waals surface area (Å²) < 4.78 is 55.8. The van der Waals surface area contributed by atoms with E-state index in [0.29, 0.717) is 18.4 Å². The summed E-state index contributed by atoms with van der Waals surface area (Å²) in [5.41, 5.74) is 2.88. The Kier molecular flexibility index (Phi) is 5.70. The van der Waals surface area contributed by atoms with Crippen LogP contribution in [-0.4, -0.2) is 20.9 Å². The quantitative estimate of drug-likeness (QED) is 0.764. The van der Waals surface area contributed by atoms with Crippen LogP contribution >= 0.6 is 0 Å². The third-order valence-electron chi connectivity index (χ3n) is 3.11. The maximum atomic E-state index is 13.6. The van der Waals surface area contributed by atoms with Gasteiger partial charge in [-0.1, -0.05) is 0 Å². The molecule has 2 N–H and O–H groups in total. The first-order valence-corrected chi connectivity index (χ1v) is 8.73. The molecule has 134 valence electrons. The zero-order chi connectivity index (χ0) is 18.6. The van der Waals surface area contributed by atoms with Gasteiger partial charge in [0.1, 0.15) is 22.3 Å². The summed E-state index contributed by atoms with van der Waals surface area (Å²) in [7, 11) is -4.40. The van der Waals surface area contributed by atoms with Crippen LogP contribution in [0.1, 0.15) is 22.8 Å². The van der Waals surface area contributed by atoms with E-state index in [-0.39, 0.29) is 5.56 Å². The van der Waals surface area contributed by atoms with E-state index in [1.807, 2.05) is 5.43 Å². The lowest BCUT2D eigenvalue weighted by atomic mass is 10.1. The minimum absolute atomic E-state index is 0.158. The summed E-state index contributed by atoms with van der Waals surface area (Å²) in [4.78, 5) is 13.1. The maximum absolute atomic E-state index is 13.6. The second-order valence-electron chi connectivity index (χ2n) is 5.10. The van der Waals surface area contributed by atoms with E-state index in [9.17, 15) is 22.0 Å². The van der Waals surface area contributed by atoms with Crippen molar-refractivity contribution in [2.45, 2.75) is 18.7 Å². The summed E-state index contributed by atoms with van der Waals surface area (Å²) in [6.07, 6.45) is 0. The average Bonchev–Trinajstić information content (AvgIpc) is 2.52. The molecule has 0 spiro atoms. The van der Waals surface area contributed by atoms with Crippen LogP contribution in [0.2, 0.25) is 0 Å². The smallest absolute Gasteiger partial charge is 0.266 e. The molecule has 25 heavy (non-hydrogen) atoms. The molecule has 0 radical (unpaired) electrons. The van der Waals surface area contributed by atoms with Crippen LogP contribution in [0.5, 0.6) is 5.75 Å². The van der Waals surface area contributed by atoms with E-state index in [2.05, 4.69) is 0 Å². The first-order valence-electron chi connectivity index (χ1n) is 7.24. The molecular formula is C16H16F2N2O4S. The molecule has 0 unspecified atom stereocenters. The van der Waals surface area contributed by atoms with Gasteiger partial charge in [-0.3, -0.25) is 10.2 Å². The van der Waals surface area contributed by atoms with Gasteiger partial charge < -0.3 is 4.74 Å². The highest BCUT2D eigenvalue weighted by Gasteiger charge is 2.20. The Morgan fingerprint density at radius 1 is 1.16 bits per heavy atom. The molecule has 0 heterocycles. The van der Waals surface area contributed by atoms with E-state index >= 15 is 0 Å². The molecule has 0 saturated carbocycles. The summed E-state index contributed by atoms with van der Waals surface area (Å²) in [6.45, 7) is 3.94. The maximum Gasteiger partial charge on any atom is 0.266 e. The van der Waals surface area contributed by atoms with Gasteiger partial charge in [0.15, 0.2) is 0 Å². The molecule has 2 aromatic rings. The van der Waals surface area contributed by atoms with Crippen LogP contribution in [0.4, 0.5) is 8.78 Å². The molecule has 0 aliphatic rings. The Balaban J connectivity index is 2.16. The molecule has 6 nitrogen and oxygen atoms in total. The highest BCUT2D eigenvalue weighted by Crippen LogP contribution is 2.17. The largest absolute Gasteiger partial charge is 0.494 e. The topological polar surface area (TPSA) is 84.5 Å². The molecular weight excluding hydrogens is 354 g/mol. The lowest BCUT2D eigenvalue weighted by Crippen LogP contribution is -2.41. The van der Waals surface area contributed by atoms with Crippen LogP contribution in [0, 0.1) is 18.6 Å². The third kappa shape index (κ3) is 4.74. The molecule has 0 fully saturated rings. The van der Waals surface area contributed by atoms with Crippen molar-refractivity contribution >= 4 is 15.9 Å². The number of ether oxygens (including phenoxy) is 1. The normalized spacial score (nSPS) is 11.2. The first kappa shape index (κ1) is 18.8. The fourth-order valence-corrected chi connectivity index (χ4v) is 2.96. The number of sulfonamides is 1. The van der Waals surface area contributed by atoms with Crippen molar-refractivity contribution in [1.82, 2.24) is 10.3 Å². The van der Waals surface area contributed by atoms with Crippen molar-refractivity contribution < 1.29 is 26.7 Å². The number of benzene rings is 2. The van der Waals surface area contributed by atoms with Gasteiger partial charge in [0.2, 0.25) is 0 Å². The highest BCUT2D eigenvalue weighted by atomic mass is 32.2. The number of carbonyl (C=O) groups excluding carboxylic acids is 1. The van der Waals surface area contributed by atoms with Gasteiger partial charge in [0, 0.05) is 11.6 Å². The number of carbonyl (C=O) groups is 1. The highest BCUT2D eigenvalue weighted by molar-refractivity contribution is 7.89. The van der Waals surface area contributed by atoms with Crippen molar-refractivity contribution in [1.29, 1.82) is 0 Å². The van der Waals surface area contributed by atoms with Gasteiger partial charge in [-0.2, -0.15) is 0 Å². The standard InChI is InChI=1S/C16H16F2N2O4S/c1-3-24-13-7-10(2)6-11(8-13)16(21)19-20-25(22,23)15-5-4-12(17)9-14(15)18/h4-9,20H,3H2,1-2H3,(H,19,21). The van der Waals surface area contributed by atoms with Crippen molar-refractivity contribution in [3.8, 4) is 5.75 Å². The Bertz CT molecular complexity index is 901. The summed E-state index contributed by atoms with van der Waals surface area (Å²) in [5.74, 6) is -2.48. The summed E-state index contributed by atoms with van der Waals surface area (Å²) >= 11 is 0. The second kappa shape index (κ2) is 7.58. The van der Waals surface area contributed by atoms with Crippen molar-refractivity contribution in [3.63, 3.8) is 0 Å². The van der Waals surface area contributed by atoms with Crippen LogP contribution in [0.25, 0.3) is 0 Å². The van der Waals surface area contributed by atoms with E-state index in [1.165, 1.54) is 12.1 Å².